The first-order valence-corrected chi connectivity index (χ1v) is 7.21. The molecule has 1 fully saturated rings. The molecule has 0 bridgehead atoms. The zero-order valence-electron chi connectivity index (χ0n) is 11.6. The van der Waals surface area contributed by atoms with Crippen molar-refractivity contribution in [3.8, 4) is 12.3 Å². The van der Waals surface area contributed by atoms with E-state index in [-0.39, 0.29) is 11.9 Å². The fourth-order valence-electron chi connectivity index (χ4n) is 2.32. The van der Waals surface area contributed by atoms with Gasteiger partial charge in [-0.25, -0.2) is 0 Å². The summed E-state index contributed by atoms with van der Waals surface area (Å²) in [7, 11) is 0. The highest BCUT2D eigenvalue weighted by Crippen LogP contribution is 2.10. The Morgan fingerprint density at radius 3 is 2.56 bits per heavy atom. The summed E-state index contributed by atoms with van der Waals surface area (Å²) in [4.78, 5) is 14.2. The Morgan fingerprint density at radius 2 is 1.94 bits per heavy atom. The second kappa shape index (κ2) is 8.99. The van der Waals surface area contributed by atoms with Crippen LogP contribution in [0.2, 0.25) is 0 Å². The van der Waals surface area contributed by atoms with E-state index in [0.29, 0.717) is 0 Å². The molecule has 1 amide bonds. The number of amides is 1. The number of carbonyl (C=O) groups is 1. The largest absolute Gasteiger partial charge is 0.341 e. The molecule has 1 rings (SSSR count). The van der Waals surface area contributed by atoms with Crippen LogP contribution in [0.1, 0.15) is 51.9 Å². The van der Waals surface area contributed by atoms with Crippen LogP contribution in [0.25, 0.3) is 0 Å². The number of rotatable bonds is 6. The molecule has 0 aromatic rings. The van der Waals surface area contributed by atoms with Gasteiger partial charge in [-0.05, 0) is 39.2 Å². The highest BCUT2D eigenvalue weighted by molar-refractivity contribution is 5.81. The molecule has 1 N–H and O–H groups in total. The van der Waals surface area contributed by atoms with E-state index in [0.717, 1.165) is 51.7 Å². The Balaban J connectivity index is 2.21. The van der Waals surface area contributed by atoms with Crippen LogP contribution < -0.4 is 5.32 Å². The number of hydrogen-bond donors (Lipinski definition) is 1. The topological polar surface area (TPSA) is 32.3 Å². The molecule has 0 radical (unpaired) electrons. The van der Waals surface area contributed by atoms with Crippen LogP contribution in [-0.2, 0) is 4.79 Å². The third-order valence-corrected chi connectivity index (χ3v) is 3.49. The highest BCUT2D eigenvalue weighted by atomic mass is 16.2. The molecule has 1 unspecified atom stereocenters. The monoisotopic (exact) mass is 250 g/mol. The van der Waals surface area contributed by atoms with E-state index in [4.69, 9.17) is 6.42 Å². The molecule has 0 spiro atoms. The lowest BCUT2D eigenvalue weighted by molar-refractivity contribution is -0.133. The van der Waals surface area contributed by atoms with Gasteiger partial charge in [-0.3, -0.25) is 4.79 Å². The van der Waals surface area contributed by atoms with Gasteiger partial charge in [0.15, 0.2) is 0 Å². The number of hydrogen-bond acceptors (Lipinski definition) is 2. The van der Waals surface area contributed by atoms with E-state index in [1.54, 1.807) is 0 Å². The third kappa shape index (κ3) is 5.55. The minimum atomic E-state index is -0.0612. The molecule has 3 heteroatoms. The minimum Gasteiger partial charge on any atom is -0.341 e. The molecule has 1 saturated heterocycles. The molecule has 0 aromatic carbocycles. The molecule has 102 valence electrons. The Kier molecular flexibility index (Phi) is 7.52. The van der Waals surface area contributed by atoms with Gasteiger partial charge in [-0.2, -0.15) is 0 Å². The van der Waals surface area contributed by atoms with Crippen LogP contribution in [0.15, 0.2) is 0 Å². The first-order valence-electron chi connectivity index (χ1n) is 7.21. The SMILES string of the molecule is C#CCCCCNC(C)C(=O)N1CCCCCC1. The van der Waals surface area contributed by atoms with Gasteiger partial charge < -0.3 is 10.2 Å². The zero-order chi connectivity index (χ0) is 13.2. The number of unbranched alkanes of at least 4 members (excludes halogenated alkanes) is 2. The van der Waals surface area contributed by atoms with Crippen LogP contribution >= 0.6 is 0 Å². The Hall–Kier alpha value is -1.01. The average molecular weight is 250 g/mol. The third-order valence-electron chi connectivity index (χ3n) is 3.49. The van der Waals surface area contributed by atoms with Crippen molar-refractivity contribution >= 4 is 5.91 Å². The van der Waals surface area contributed by atoms with E-state index in [9.17, 15) is 4.79 Å². The standard InChI is InChI=1S/C15H26N2O/c1-3-4-5-8-11-16-14(2)15(18)17-12-9-6-7-10-13-17/h1,14,16H,4-13H2,2H3. The van der Waals surface area contributed by atoms with Crippen molar-refractivity contribution < 1.29 is 4.79 Å². The molecule has 0 aromatic heterocycles. The van der Waals surface area contributed by atoms with Crippen LogP contribution in [-0.4, -0.2) is 36.5 Å². The first kappa shape index (κ1) is 15.0. The molecule has 0 saturated carbocycles. The van der Waals surface area contributed by atoms with Crippen LogP contribution in [0.4, 0.5) is 0 Å². The van der Waals surface area contributed by atoms with Crippen molar-refractivity contribution in [2.24, 2.45) is 0 Å². The molecular weight excluding hydrogens is 224 g/mol. The summed E-state index contributed by atoms with van der Waals surface area (Å²) in [5.41, 5.74) is 0. The van der Waals surface area contributed by atoms with Gasteiger partial charge in [-0.15, -0.1) is 12.3 Å². The maximum atomic E-state index is 12.2. The summed E-state index contributed by atoms with van der Waals surface area (Å²) in [5, 5.41) is 3.30. The lowest BCUT2D eigenvalue weighted by Gasteiger charge is -2.24. The summed E-state index contributed by atoms with van der Waals surface area (Å²) in [6, 6.07) is -0.0612. The number of nitrogens with one attached hydrogen (secondary N) is 1. The van der Waals surface area contributed by atoms with E-state index in [1.807, 2.05) is 11.8 Å². The predicted molar refractivity (Wildman–Crippen MR) is 75.2 cm³/mol. The molecule has 1 aliphatic rings. The number of terminal acetylenes is 1. The van der Waals surface area contributed by atoms with Crippen LogP contribution in [0.5, 0.6) is 0 Å². The summed E-state index contributed by atoms with van der Waals surface area (Å²) in [6.07, 6.45) is 12.9. The second-order valence-electron chi connectivity index (χ2n) is 5.08. The summed E-state index contributed by atoms with van der Waals surface area (Å²) < 4.78 is 0. The van der Waals surface area contributed by atoms with Crippen molar-refractivity contribution in [2.75, 3.05) is 19.6 Å². The summed E-state index contributed by atoms with van der Waals surface area (Å²) >= 11 is 0. The van der Waals surface area contributed by atoms with Crippen LogP contribution in [0.3, 0.4) is 0 Å². The van der Waals surface area contributed by atoms with Crippen molar-refractivity contribution in [1.82, 2.24) is 10.2 Å². The fraction of sp³-hybridized carbons (Fsp3) is 0.800. The quantitative estimate of drug-likeness (QED) is 0.579. The normalized spacial score (nSPS) is 17.9. The lowest BCUT2D eigenvalue weighted by Crippen LogP contribution is -2.45. The second-order valence-corrected chi connectivity index (χ2v) is 5.08. The molecule has 18 heavy (non-hydrogen) atoms. The van der Waals surface area contributed by atoms with Gasteiger partial charge in [-0.1, -0.05) is 12.8 Å². The van der Waals surface area contributed by atoms with E-state index in [1.165, 1.54) is 12.8 Å². The van der Waals surface area contributed by atoms with Gasteiger partial charge in [0.1, 0.15) is 0 Å². The molecule has 0 aliphatic carbocycles. The van der Waals surface area contributed by atoms with Gasteiger partial charge in [0.2, 0.25) is 5.91 Å². The number of likely N-dealkylation sites (tertiary alicyclic amines) is 1. The molecule has 1 atom stereocenters. The highest BCUT2D eigenvalue weighted by Gasteiger charge is 2.20. The van der Waals surface area contributed by atoms with Crippen molar-refractivity contribution in [2.45, 2.75) is 57.9 Å². The Morgan fingerprint density at radius 1 is 1.28 bits per heavy atom. The Labute approximate surface area is 111 Å². The van der Waals surface area contributed by atoms with Gasteiger partial charge in [0.25, 0.3) is 0 Å². The van der Waals surface area contributed by atoms with Gasteiger partial charge in [0, 0.05) is 19.5 Å². The summed E-state index contributed by atoms with van der Waals surface area (Å²) in [5.74, 6) is 2.89. The fourth-order valence-corrected chi connectivity index (χ4v) is 2.32. The maximum absolute atomic E-state index is 12.2. The molecular formula is C15H26N2O. The van der Waals surface area contributed by atoms with E-state index in [2.05, 4.69) is 11.2 Å². The van der Waals surface area contributed by atoms with E-state index < -0.39 is 0 Å². The number of nitrogens with zero attached hydrogens (tertiary/aromatic N) is 1. The van der Waals surface area contributed by atoms with E-state index >= 15 is 0 Å². The smallest absolute Gasteiger partial charge is 0.239 e. The molecule has 3 nitrogen and oxygen atoms in total. The lowest BCUT2D eigenvalue weighted by atomic mass is 10.2. The molecule has 1 aliphatic heterocycles. The van der Waals surface area contributed by atoms with Crippen molar-refractivity contribution in [1.29, 1.82) is 0 Å². The zero-order valence-corrected chi connectivity index (χ0v) is 11.6. The summed E-state index contributed by atoms with van der Waals surface area (Å²) in [6.45, 7) is 4.71. The average Bonchev–Trinajstić information content (AvgIpc) is 2.66. The van der Waals surface area contributed by atoms with Gasteiger partial charge in [0.05, 0.1) is 6.04 Å². The minimum absolute atomic E-state index is 0.0612. The van der Waals surface area contributed by atoms with Crippen molar-refractivity contribution in [3.05, 3.63) is 0 Å². The number of carbonyl (C=O) groups excluding carboxylic acids is 1. The predicted octanol–water partition coefficient (Wildman–Crippen LogP) is 2.17. The molecule has 1 heterocycles. The maximum Gasteiger partial charge on any atom is 0.239 e. The van der Waals surface area contributed by atoms with Crippen LogP contribution in [0, 0.1) is 12.3 Å². The van der Waals surface area contributed by atoms with Gasteiger partial charge >= 0.3 is 0 Å². The first-order chi connectivity index (χ1) is 8.75. The Bertz CT molecular complexity index is 275. The van der Waals surface area contributed by atoms with Crippen molar-refractivity contribution in [3.63, 3.8) is 0 Å².